The number of fused-ring (bicyclic) bond motifs is 1. The average molecular weight is 418 g/mol. The maximum atomic E-state index is 6.16. The van der Waals surface area contributed by atoms with Gasteiger partial charge in [-0.05, 0) is 18.2 Å². The lowest BCUT2D eigenvalue weighted by molar-refractivity contribution is -1.03. The van der Waals surface area contributed by atoms with Crippen LogP contribution in [0.4, 0.5) is 0 Å². The molecule has 1 aliphatic heterocycles. The molecule has 1 aliphatic rings. The summed E-state index contributed by atoms with van der Waals surface area (Å²) in [5.41, 5.74) is 5.40. The number of halogens is 1. The maximum absolute atomic E-state index is 6.16. The molecule has 0 spiro atoms. The minimum Gasteiger partial charge on any atom is -0.361 e. The van der Waals surface area contributed by atoms with Gasteiger partial charge in [-0.1, -0.05) is 72.3 Å². The molecule has 0 radical (unpaired) electrons. The molecule has 4 heteroatoms. The number of quaternary nitrogens is 2. The summed E-state index contributed by atoms with van der Waals surface area (Å²) in [7, 11) is 0. The van der Waals surface area contributed by atoms with E-state index in [0.717, 1.165) is 11.6 Å². The summed E-state index contributed by atoms with van der Waals surface area (Å²) in [6.45, 7) is 5.80. The van der Waals surface area contributed by atoms with Gasteiger partial charge < -0.3 is 14.8 Å². The molecular weight excluding hydrogens is 390 g/mol. The molecule has 1 atom stereocenters. The van der Waals surface area contributed by atoms with Crippen LogP contribution in [0.5, 0.6) is 0 Å². The number of hydrogen-bond acceptors (Lipinski definition) is 0. The lowest BCUT2D eigenvalue weighted by atomic mass is 9.96. The fourth-order valence-corrected chi connectivity index (χ4v) is 5.03. The zero-order valence-electron chi connectivity index (χ0n) is 17.1. The fraction of sp³-hybridized carbons (Fsp3) is 0.231. The van der Waals surface area contributed by atoms with Crippen LogP contribution in [0.1, 0.15) is 22.7 Å². The van der Waals surface area contributed by atoms with E-state index in [1.807, 2.05) is 12.1 Å². The highest BCUT2D eigenvalue weighted by Crippen LogP contribution is 2.21. The van der Waals surface area contributed by atoms with Crippen molar-refractivity contribution in [2.75, 3.05) is 26.2 Å². The largest absolute Gasteiger partial charge is 0.361 e. The van der Waals surface area contributed by atoms with E-state index in [-0.39, 0.29) is 0 Å². The third-order valence-electron chi connectivity index (χ3n) is 6.46. The summed E-state index contributed by atoms with van der Waals surface area (Å²) >= 11 is 6.16. The Kier molecular flexibility index (Phi) is 5.58. The number of nitrogens with one attached hydrogen (secondary N) is 3. The van der Waals surface area contributed by atoms with Gasteiger partial charge in [0.15, 0.2) is 0 Å². The lowest BCUT2D eigenvalue weighted by Gasteiger charge is -2.35. The van der Waals surface area contributed by atoms with Crippen LogP contribution in [0, 0.1) is 0 Å². The number of piperazine rings is 1. The second kappa shape index (κ2) is 8.65. The molecule has 2 heterocycles. The maximum Gasteiger partial charge on any atom is 0.139 e. The summed E-state index contributed by atoms with van der Waals surface area (Å²) in [5, 5.41) is 2.16. The van der Waals surface area contributed by atoms with E-state index in [1.54, 1.807) is 9.80 Å². The average Bonchev–Trinajstić information content (AvgIpc) is 3.20. The Bertz CT molecular complexity index is 1100. The van der Waals surface area contributed by atoms with Gasteiger partial charge in [-0.3, -0.25) is 0 Å². The van der Waals surface area contributed by atoms with Crippen molar-refractivity contribution < 1.29 is 9.80 Å². The Labute approximate surface area is 182 Å². The molecule has 3 aromatic carbocycles. The van der Waals surface area contributed by atoms with E-state index in [2.05, 4.69) is 77.9 Å². The van der Waals surface area contributed by atoms with Crippen LogP contribution in [-0.2, 0) is 6.54 Å². The molecule has 1 aromatic heterocycles. The number of aromatic amines is 1. The second-order valence-corrected chi connectivity index (χ2v) is 8.78. The molecule has 3 N–H and O–H groups in total. The molecule has 5 rings (SSSR count). The molecule has 152 valence electrons. The molecule has 3 nitrogen and oxygen atoms in total. The van der Waals surface area contributed by atoms with Crippen LogP contribution in [0.2, 0.25) is 5.02 Å². The second-order valence-electron chi connectivity index (χ2n) is 8.34. The summed E-state index contributed by atoms with van der Waals surface area (Å²) in [4.78, 5) is 6.74. The van der Waals surface area contributed by atoms with Crippen molar-refractivity contribution in [3.05, 3.63) is 107 Å². The third kappa shape index (κ3) is 4.01. The van der Waals surface area contributed by atoms with Gasteiger partial charge in [0.2, 0.25) is 0 Å². The van der Waals surface area contributed by atoms with Crippen molar-refractivity contribution in [1.82, 2.24) is 4.98 Å². The topological polar surface area (TPSA) is 24.7 Å². The molecule has 0 bridgehead atoms. The normalized spacial score (nSPS) is 20.3. The monoisotopic (exact) mass is 417 g/mol. The van der Waals surface area contributed by atoms with Crippen LogP contribution in [0.25, 0.3) is 10.9 Å². The molecule has 1 saturated heterocycles. The molecule has 0 amide bonds. The molecule has 0 unspecified atom stereocenters. The van der Waals surface area contributed by atoms with Gasteiger partial charge in [-0.15, -0.1) is 0 Å². The Balaban J connectivity index is 1.32. The van der Waals surface area contributed by atoms with E-state index in [9.17, 15) is 0 Å². The van der Waals surface area contributed by atoms with Crippen molar-refractivity contribution in [3.8, 4) is 0 Å². The predicted molar refractivity (Wildman–Crippen MR) is 123 cm³/mol. The fourth-order valence-electron chi connectivity index (χ4n) is 4.90. The molecule has 4 aromatic rings. The quantitative estimate of drug-likeness (QED) is 0.445. The lowest BCUT2D eigenvalue weighted by Crippen LogP contribution is -3.27. The van der Waals surface area contributed by atoms with Gasteiger partial charge in [0.25, 0.3) is 0 Å². The molecule has 0 saturated carbocycles. The third-order valence-corrected chi connectivity index (χ3v) is 6.71. The highest BCUT2D eigenvalue weighted by molar-refractivity contribution is 6.30. The Hall–Kier alpha value is -2.59. The first-order valence-corrected chi connectivity index (χ1v) is 11.2. The first kappa shape index (κ1) is 19.4. The zero-order valence-corrected chi connectivity index (χ0v) is 17.8. The standard InChI is InChI=1S/C26H26ClN3/c27-23-12-10-21(11-13-23)26(20-6-2-1-3-7-20)30-16-14-29(15-17-30)19-22-18-28-25-9-5-4-8-24(22)25/h1-13,18,26,28H,14-17,19H2/p+2/t26-/m0/s1. The van der Waals surface area contributed by atoms with Crippen molar-refractivity contribution in [1.29, 1.82) is 0 Å². The predicted octanol–water partition coefficient (Wildman–Crippen LogP) is 2.89. The van der Waals surface area contributed by atoms with Crippen LogP contribution in [0.15, 0.2) is 85.1 Å². The summed E-state index contributed by atoms with van der Waals surface area (Å²) in [5.74, 6) is 0. The van der Waals surface area contributed by atoms with Gasteiger partial charge in [-0.2, -0.15) is 0 Å². The number of hydrogen-bond donors (Lipinski definition) is 3. The zero-order chi connectivity index (χ0) is 20.3. The summed E-state index contributed by atoms with van der Waals surface area (Å²) in [6.07, 6.45) is 2.19. The van der Waals surface area contributed by atoms with Crippen LogP contribution >= 0.6 is 11.6 Å². The highest BCUT2D eigenvalue weighted by Gasteiger charge is 2.32. The first-order chi connectivity index (χ1) is 14.8. The Morgan fingerprint density at radius 3 is 2.20 bits per heavy atom. The minimum absolute atomic E-state index is 0.359. The Morgan fingerprint density at radius 2 is 1.43 bits per heavy atom. The Morgan fingerprint density at radius 1 is 0.767 bits per heavy atom. The van der Waals surface area contributed by atoms with E-state index >= 15 is 0 Å². The van der Waals surface area contributed by atoms with Crippen LogP contribution in [-0.4, -0.2) is 31.2 Å². The van der Waals surface area contributed by atoms with Gasteiger partial charge >= 0.3 is 0 Å². The number of rotatable bonds is 5. The molecule has 0 aliphatic carbocycles. The smallest absolute Gasteiger partial charge is 0.139 e. The van der Waals surface area contributed by atoms with E-state index in [4.69, 9.17) is 11.6 Å². The number of para-hydroxylation sites is 1. The summed E-state index contributed by atoms with van der Waals surface area (Å²) in [6, 6.07) is 28.3. The van der Waals surface area contributed by atoms with Crippen molar-refractivity contribution in [2.24, 2.45) is 0 Å². The highest BCUT2D eigenvalue weighted by atomic mass is 35.5. The van der Waals surface area contributed by atoms with E-state index < -0.39 is 0 Å². The van der Waals surface area contributed by atoms with E-state index in [1.165, 1.54) is 53.8 Å². The SMILES string of the molecule is Clc1ccc([C@H](c2ccccc2)[NH+]2CC[NH+](Cc3c[nH]c4ccccc34)CC2)cc1. The van der Waals surface area contributed by atoms with Gasteiger partial charge in [-0.25, -0.2) is 0 Å². The summed E-state index contributed by atoms with van der Waals surface area (Å²) < 4.78 is 0. The first-order valence-electron chi connectivity index (χ1n) is 10.8. The van der Waals surface area contributed by atoms with Crippen molar-refractivity contribution >= 4 is 22.5 Å². The minimum atomic E-state index is 0.359. The van der Waals surface area contributed by atoms with Crippen LogP contribution in [0.3, 0.4) is 0 Å². The van der Waals surface area contributed by atoms with Crippen molar-refractivity contribution in [2.45, 2.75) is 12.6 Å². The number of benzene rings is 3. The number of H-pyrrole nitrogens is 1. The molecule has 1 fully saturated rings. The van der Waals surface area contributed by atoms with Crippen molar-refractivity contribution in [3.63, 3.8) is 0 Å². The molecule has 30 heavy (non-hydrogen) atoms. The van der Waals surface area contributed by atoms with Gasteiger partial charge in [0, 0.05) is 38.8 Å². The van der Waals surface area contributed by atoms with E-state index in [0.29, 0.717) is 6.04 Å². The number of aromatic nitrogens is 1. The van der Waals surface area contributed by atoms with Gasteiger partial charge in [0.05, 0.1) is 0 Å². The molecular formula is C26H28ClN3+2. The van der Waals surface area contributed by atoms with Crippen LogP contribution < -0.4 is 9.80 Å². The van der Waals surface area contributed by atoms with Gasteiger partial charge in [0.1, 0.15) is 38.8 Å².